The molecule has 0 radical (unpaired) electrons. The highest BCUT2D eigenvalue weighted by Crippen LogP contribution is 2.39. The number of amides is 1. The van der Waals surface area contributed by atoms with Crippen LogP contribution in [0, 0.1) is 0 Å². The van der Waals surface area contributed by atoms with Gasteiger partial charge in [0.1, 0.15) is 0 Å². The van der Waals surface area contributed by atoms with Gasteiger partial charge >= 0.3 is 0 Å². The maximum absolute atomic E-state index is 11.9. The Morgan fingerprint density at radius 2 is 1.87 bits per heavy atom. The summed E-state index contributed by atoms with van der Waals surface area (Å²) < 4.78 is 0. The number of nitrogens with one attached hydrogen (secondary N) is 1. The molecule has 3 N–H and O–H groups in total. The van der Waals surface area contributed by atoms with Crippen LogP contribution in [0.4, 0.5) is 0 Å². The molecule has 2 aliphatic heterocycles. The fourth-order valence-corrected chi connectivity index (χ4v) is 6.11. The second kappa shape index (κ2) is 11.6. The van der Waals surface area contributed by atoms with Crippen molar-refractivity contribution in [2.75, 3.05) is 58.1 Å². The molecule has 134 valence electrons. The van der Waals surface area contributed by atoms with Crippen LogP contribution in [0.1, 0.15) is 32.1 Å². The highest BCUT2D eigenvalue weighted by atomic mass is 33.1. The van der Waals surface area contributed by atoms with Crippen molar-refractivity contribution in [2.24, 2.45) is 5.73 Å². The summed E-state index contributed by atoms with van der Waals surface area (Å²) >= 11 is 0. The van der Waals surface area contributed by atoms with Crippen LogP contribution < -0.4 is 11.1 Å². The SMILES string of the molecule is NCCN1CCN(CCNC(=O)CCCCC2CCSS2)CC1. The van der Waals surface area contributed by atoms with Crippen LogP contribution in [0.25, 0.3) is 0 Å². The van der Waals surface area contributed by atoms with E-state index in [1.165, 1.54) is 25.0 Å². The molecule has 0 spiro atoms. The second-order valence-electron chi connectivity index (χ2n) is 6.40. The van der Waals surface area contributed by atoms with Gasteiger partial charge in [-0.05, 0) is 19.3 Å². The highest BCUT2D eigenvalue weighted by molar-refractivity contribution is 8.77. The average molecular weight is 361 g/mol. The van der Waals surface area contributed by atoms with Crippen LogP contribution in [-0.4, -0.2) is 79.1 Å². The Morgan fingerprint density at radius 1 is 1.13 bits per heavy atom. The van der Waals surface area contributed by atoms with Crippen molar-refractivity contribution in [3.8, 4) is 0 Å². The Morgan fingerprint density at radius 3 is 2.52 bits per heavy atom. The van der Waals surface area contributed by atoms with Crippen molar-refractivity contribution in [3.63, 3.8) is 0 Å². The van der Waals surface area contributed by atoms with Crippen molar-refractivity contribution in [2.45, 2.75) is 37.4 Å². The van der Waals surface area contributed by atoms with E-state index in [-0.39, 0.29) is 5.91 Å². The maximum atomic E-state index is 11.9. The highest BCUT2D eigenvalue weighted by Gasteiger charge is 2.17. The fourth-order valence-electron chi connectivity index (χ4n) is 3.08. The molecule has 2 heterocycles. The van der Waals surface area contributed by atoms with Crippen molar-refractivity contribution in [1.29, 1.82) is 0 Å². The lowest BCUT2D eigenvalue weighted by molar-refractivity contribution is -0.121. The second-order valence-corrected chi connectivity index (χ2v) is 9.18. The van der Waals surface area contributed by atoms with Gasteiger partial charge in [-0.3, -0.25) is 14.6 Å². The van der Waals surface area contributed by atoms with E-state index in [1.54, 1.807) is 0 Å². The molecule has 1 unspecified atom stereocenters. The summed E-state index contributed by atoms with van der Waals surface area (Å²) in [6.45, 7) is 7.88. The predicted molar refractivity (Wildman–Crippen MR) is 102 cm³/mol. The van der Waals surface area contributed by atoms with Crippen molar-refractivity contribution in [3.05, 3.63) is 0 Å². The number of carbonyl (C=O) groups is 1. The summed E-state index contributed by atoms with van der Waals surface area (Å²) in [4.78, 5) is 16.7. The normalized spacial score (nSPS) is 23.3. The van der Waals surface area contributed by atoms with E-state index in [2.05, 4.69) is 15.1 Å². The third-order valence-corrected chi connectivity index (χ3v) is 7.57. The Hall–Kier alpha value is 0.0500. The maximum Gasteiger partial charge on any atom is 0.220 e. The molecule has 0 aliphatic carbocycles. The summed E-state index contributed by atoms with van der Waals surface area (Å²) in [5.74, 6) is 1.52. The first-order valence-corrected chi connectivity index (χ1v) is 11.4. The molecule has 5 nitrogen and oxygen atoms in total. The summed E-state index contributed by atoms with van der Waals surface area (Å²) in [6.07, 6.45) is 5.53. The van der Waals surface area contributed by atoms with E-state index in [9.17, 15) is 4.79 Å². The van der Waals surface area contributed by atoms with Gasteiger partial charge in [0.05, 0.1) is 0 Å². The lowest BCUT2D eigenvalue weighted by Gasteiger charge is -2.34. The fraction of sp³-hybridized carbons (Fsp3) is 0.938. The minimum Gasteiger partial charge on any atom is -0.355 e. The number of nitrogens with two attached hydrogens (primary N) is 1. The molecule has 0 bridgehead atoms. The average Bonchev–Trinajstić information content (AvgIpc) is 3.07. The minimum atomic E-state index is 0.222. The number of unbranched alkanes of at least 4 members (excludes halogenated alkanes) is 1. The van der Waals surface area contributed by atoms with Crippen LogP contribution in [0.2, 0.25) is 0 Å². The molecular formula is C16H32N4OS2. The van der Waals surface area contributed by atoms with Crippen molar-refractivity contribution < 1.29 is 4.79 Å². The molecule has 2 aliphatic rings. The van der Waals surface area contributed by atoms with Gasteiger partial charge in [0.2, 0.25) is 5.91 Å². The largest absolute Gasteiger partial charge is 0.355 e. The molecular weight excluding hydrogens is 328 g/mol. The lowest BCUT2D eigenvalue weighted by Crippen LogP contribution is -2.49. The van der Waals surface area contributed by atoms with Crippen LogP contribution in [0.15, 0.2) is 0 Å². The Labute approximate surface area is 148 Å². The lowest BCUT2D eigenvalue weighted by atomic mass is 10.1. The zero-order valence-electron chi connectivity index (χ0n) is 14.2. The topological polar surface area (TPSA) is 61.6 Å². The Bertz CT molecular complexity index is 332. The number of nitrogens with zero attached hydrogens (tertiary/aromatic N) is 2. The van der Waals surface area contributed by atoms with Crippen LogP contribution in [0.5, 0.6) is 0 Å². The quantitative estimate of drug-likeness (QED) is 0.453. The number of hydrogen-bond donors (Lipinski definition) is 2. The molecule has 0 aromatic carbocycles. The molecule has 1 amide bonds. The van der Waals surface area contributed by atoms with Gasteiger partial charge < -0.3 is 11.1 Å². The van der Waals surface area contributed by atoms with Gasteiger partial charge in [-0.1, -0.05) is 28.0 Å². The molecule has 2 rings (SSSR count). The minimum absolute atomic E-state index is 0.222. The zero-order chi connectivity index (χ0) is 16.3. The van der Waals surface area contributed by atoms with Crippen LogP contribution >= 0.6 is 21.6 Å². The van der Waals surface area contributed by atoms with E-state index in [4.69, 9.17) is 5.73 Å². The molecule has 0 aromatic rings. The summed E-state index contributed by atoms with van der Waals surface area (Å²) in [6, 6.07) is 0. The summed E-state index contributed by atoms with van der Waals surface area (Å²) in [5.41, 5.74) is 5.59. The van der Waals surface area contributed by atoms with E-state index < -0.39 is 0 Å². The first kappa shape index (κ1) is 19.4. The predicted octanol–water partition coefficient (Wildman–Crippen LogP) is 1.39. The molecule has 2 saturated heterocycles. The monoisotopic (exact) mass is 360 g/mol. The first-order chi connectivity index (χ1) is 11.3. The van der Waals surface area contributed by atoms with E-state index in [0.717, 1.165) is 64.0 Å². The Balaban J connectivity index is 1.42. The van der Waals surface area contributed by atoms with Crippen molar-refractivity contribution in [1.82, 2.24) is 15.1 Å². The van der Waals surface area contributed by atoms with Crippen LogP contribution in [-0.2, 0) is 4.79 Å². The standard InChI is InChI=1S/C16H32N4OS2/c17-6-8-19-10-12-20(13-11-19)9-7-18-16(21)4-2-1-3-15-5-14-22-23-15/h15H,1-14,17H2,(H,18,21). The van der Waals surface area contributed by atoms with Gasteiger partial charge in [-0.25, -0.2) is 0 Å². The summed E-state index contributed by atoms with van der Waals surface area (Å²) in [5, 5.41) is 3.91. The molecule has 0 aromatic heterocycles. The van der Waals surface area contributed by atoms with Gasteiger partial charge in [0.25, 0.3) is 0 Å². The molecule has 0 saturated carbocycles. The van der Waals surface area contributed by atoms with Crippen LogP contribution in [0.3, 0.4) is 0 Å². The third-order valence-electron chi connectivity index (χ3n) is 4.57. The van der Waals surface area contributed by atoms with Gasteiger partial charge in [-0.2, -0.15) is 0 Å². The van der Waals surface area contributed by atoms with E-state index in [1.807, 2.05) is 21.6 Å². The van der Waals surface area contributed by atoms with E-state index >= 15 is 0 Å². The van der Waals surface area contributed by atoms with Crippen molar-refractivity contribution >= 4 is 27.5 Å². The molecule has 1 atom stereocenters. The number of carbonyl (C=O) groups excluding carboxylic acids is 1. The number of rotatable bonds is 10. The smallest absolute Gasteiger partial charge is 0.220 e. The third kappa shape index (κ3) is 8.12. The van der Waals surface area contributed by atoms with E-state index in [0.29, 0.717) is 6.42 Å². The number of piperazine rings is 1. The molecule has 7 heteroatoms. The number of hydrogen-bond acceptors (Lipinski definition) is 6. The first-order valence-electron chi connectivity index (χ1n) is 8.97. The van der Waals surface area contributed by atoms with Gasteiger partial charge in [-0.15, -0.1) is 0 Å². The zero-order valence-corrected chi connectivity index (χ0v) is 15.8. The molecule has 23 heavy (non-hydrogen) atoms. The Kier molecular flexibility index (Phi) is 9.75. The summed E-state index contributed by atoms with van der Waals surface area (Å²) in [7, 11) is 4.03. The van der Waals surface area contributed by atoms with Gasteiger partial charge in [0.15, 0.2) is 0 Å². The van der Waals surface area contributed by atoms with Gasteiger partial charge in [0, 0.05) is 69.8 Å². The molecule has 2 fully saturated rings.